The van der Waals surface area contributed by atoms with Gasteiger partial charge < -0.3 is 9.84 Å². The number of carboxylic acids is 1. The molecule has 1 aromatic rings. The van der Waals surface area contributed by atoms with Gasteiger partial charge in [0.2, 0.25) is 0 Å². The number of nitrogens with zero attached hydrogens (tertiary/aromatic N) is 1. The number of aromatic carboxylic acids is 1. The van der Waals surface area contributed by atoms with Crippen molar-refractivity contribution in [2.24, 2.45) is 0 Å². The number of hydrogen-bond donors (Lipinski definition) is 1. The number of halogens is 1. The summed E-state index contributed by atoms with van der Waals surface area (Å²) >= 11 is 5.84. The second-order valence-electron chi connectivity index (χ2n) is 4.43. The number of carbonyl (C=O) groups is 1. The lowest BCUT2D eigenvalue weighted by molar-refractivity contribution is 0.0693. The van der Waals surface area contributed by atoms with E-state index >= 15 is 0 Å². The summed E-state index contributed by atoms with van der Waals surface area (Å²) in [5.74, 6) is -0.910. The Balaban J connectivity index is 3.44. The smallest absolute Gasteiger partial charge is 0.342 e. The zero-order valence-corrected chi connectivity index (χ0v) is 10.4. The Morgan fingerprint density at radius 3 is 2.44 bits per heavy atom. The number of pyridine rings is 1. The van der Waals surface area contributed by atoms with Gasteiger partial charge in [0.15, 0.2) is 0 Å². The summed E-state index contributed by atoms with van der Waals surface area (Å²) in [4.78, 5) is 15.0. The highest BCUT2D eigenvalue weighted by Gasteiger charge is 2.23. The summed E-state index contributed by atoms with van der Waals surface area (Å²) in [6.45, 7) is 5.89. The van der Waals surface area contributed by atoms with Gasteiger partial charge in [0.05, 0.1) is 12.8 Å². The second-order valence-corrected chi connectivity index (χ2v) is 4.79. The van der Waals surface area contributed by atoms with Crippen LogP contribution in [0.1, 0.15) is 36.8 Å². The summed E-state index contributed by atoms with van der Waals surface area (Å²) < 4.78 is 5.02. The summed E-state index contributed by atoms with van der Waals surface area (Å²) in [6, 6.07) is 1.61. The highest BCUT2D eigenvalue weighted by atomic mass is 35.5. The summed E-state index contributed by atoms with van der Waals surface area (Å²) in [6.07, 6.45) is 0. The Morgan fingerprint density at radius 1 is 1.50 bits per heavy atom. The molecule has 88 valence electrons. The van der Waals surface area contributed by atoms with Crippen LogP contribution in [0.4, 0.5) is 0 Å². The molecular weight excluding hydrogens is 230 g/mol. The Labute approximate surface area is 99.2 Å². The van der Waals surface area contributed by atoms with Crippen LogP contribution in [0.25, 0.3) is 0 Å². The molecule has 0 saturated heterocycles. The van der Waals surface area contributed by atoms with Crippen molar-refractivity contribution in [3.05, 3.63) is 22.5 Å². The Kier molecular flexibility index (Phi) is 3.43. The maximum atomic E-state index is 11.0. The van der Waals surface area contributed by atoms with E-state index in [9.17, 15) is 4.79 Å². The number of carboxylic acid groups (broad SMARTS) is 1. The van der Waals surface area contributed by atoms with E-state index < -0.39 is 5.97 Å². The molecule has 0 aliphatic rings. The highest BCUT2D eigenvalue weighted by Crippen LogP contribution is 2.31. The summed E-state index contributed by atoms with van der Waals surface area (Å²) in [5, 5.41) is 8.92. The molecule has 1 rings (SSSR count). The van der Waals surface area contributed by atoms with E-state index in [2.05, 4.69) is 4.98 Å². The Morgan fingerprint density at radius 2 is 2.06 bits per heavy atom. The molecule has 0 bridgehead atoms. The van der Waals surface area contributed by atoms with Crippen LogP contribution < -0.4 is 4.74 Å². The lowest BCUT2D eigenvalue weighted by Crippen LogP contribution is -2.15. The van der Waals surface area contributed by atoms with E-state index in [1.807, 2.05) is 20.8 Å². The van der Waals surface area contributed by atoms with Crippen LogP contribution in [0.15, 0.2) is 6.07 Å². The first-order valence-electron chi connectivity index (χ1n) is 4.75. The molecule has 0 aliphatic carbocycles. The molecule has 4 nitrogen and oxygen atoms in total. The number of methoxy groups -OCH3 is 1. The third kappa shape index (κ3) is 2.44. The van der Waals surface area contributed by atoms with Gasteiger partial charge in [-0.25, -0.2) is 9.78 Å². The predicted octanol–water partition coefficient (Wildman–Crippen LogP) is 2.74. The van der Waals surface area contributed by atoms with Gasteiger partial charge in [-0.15, -0.1) is 0 Å². The molecule has 0 spiro atoms. The molecule has 0 aliphatic heterocycles. The van der Waals surface area contributed by atoms with Gasteiger partial charge in [-0.05, 0) is 0 Å². The van der Waals surface area contributed by atoms with Crippen LogP contribution in [-0.4, -0.2) is 23.2 Å². The number of ether oxygens (including phenoxy) is 1. The topological polar surface area (TPSA) is 59.4 Å². The molecule has 0 atom stereocenters. The molecule has 16 heavy (non-hydrogen) atoms. The van der Waals surface area contributed by atoms with Crippen LogP contribution in [-0.2, 0) is 5.41 Å². The Bertz CT molecular complexity index is 424. The molecule has 0 aromatic carbocycles. The largest absolute Gasteiger partial charge is 0.496 e. The van der Waals surface area contributed by atoms with Crippen molar-refractivity contribution in [2.45, 2.75) is 26.2 Å². The van der Waals surface area contributed by atoms with Crippen LogP contribution >= 0.6 is 11.6 Å². The van der Waals surface area contributed by atoms with Crippen LogP contribution in [0.5, 0.6) is 5.75 Å². The van der Waals surface area contributed by atoms with Crippen molar-refractivity contribution in [3.8, 4) is 5.75 Å². The quantitative estimate of drug-likeness (QED) is 0.812. The SMILES string of the molecule is COc1cc(C(C)(C)C)nc(Cl)c1C(=O)O. The lowest BCUT2D eigenvalue weighted by atomic mass is 9.91. The maximum absolute atomic E-state index is 11.0. The van der Waals surface area contributed by atoms with Crippen molar-refractivity contribution >= 4 is 17.6 Å². The first kappa shape index (κ1) is 12.8. The van der Waals surface area contributed by atoms with E-state index in [1.165, 1.54) is 7.11 Å². The zero-order chi connectivity index (χ0) is 12.5. The maximum Gasteiger partial charge on any atom is 0.342 e. The van der Waals surface area contributed by atoms with E-state index in [-0.39, 0.29) is 21.9 Å². The van der Waals surface area contributed by atoms with Crippen molar-refractivity contribution < 1.29 is 14.6 Å². The average molecular weight is 244 g/mol. The van der Waals surface area contributed by atoms with Gasteiger partial charge in [-0.3, -0.25) is 0 Å². The second kappa shape index (κ2) is 4.29. The van der Waals surface area contributed by atoms with Crippen LogP contribution in [0.2, 0.25) is 5.15 Å². The molecule has 0 amide bonds. The summed E-state index contributed by atoms with van der Waals surface area (Å²) in [5.41, 5.74) is 0.380. The summed E-state index contributed by atoms with van der Waals surface area (Å²) in [7, 11) is 1.41. The first-order chi connectivity index (χ1) is 7.27. The fraction of sp³-hybridized carbons (Fsp3) is 0.455. The fourth-order valence-electron chi connectivity index (χ4n) is 1.23. The van der Waals surface area contributed by atoms with Crippen molar-refractivity contribution in [2.75, 3.05) is 7.11 Å². The van der Waals surface area contributed by atoms with Gasteiger partial charge in [0.25, 0.3) is 0 Å². The highest BCUT2D eigenvalue weighted by molar-refractivity contribution is 6.32. The van der Waals surface area contributed by atoms with Gasteiger partial charge in [0, 0.05) is 11.5 Å². The monoisotopic (exact) mass is 243 g/mol. The van der Waals surface area contributed by atoms with Gasteiger partial charge in [0.1, 0.15) is 16.5 Å². The molecule has 5 heteroatoms. The third-order valence-corrected chi connectivity index (χ3v) is 2.41. The Hall–Kier alpha value is -1.29. The standard InChI is InChI=1S/C11H14ClNO3/c1-11(2,3)7-5-6(16-4)8(10(14)15)9(12)13-7/h5H,1-4H3,(H,14,15). The molecule has 1 aromatic heterocycles. The van der Waals surface area contributed by atoms with E-state index in [0.29, 0.717) is 5.69 Å². The predicted molar refractivity (Wildman–Crippen MR) is 61.5 cm³/mol. The van der Waals surface area contributed by atoms with E-state index in [1.54, 1.807) is 6.07 Å². The van der Waals surface area contributed by atoms with Gasteiger partial charge in [-0.1, -0.05) is 32.4 Å². The molecule has 1 heterocycles. The van der Waals surface area contributed by atoms with Crippen molar-refractivity contribution in [3.63, 3.8) is 0 Å². The van der Waals surface area contributed by atoms with Crippen molar-refractivity contribution in [1.82, 2.24) is 4.98 Å². The van der Waals surface area contributed by atoms with Gasteiger partial charge in [-0.2, -0.15) is 0 Å². The molecule has 0 fully saturated rings. The molecule has 0 unspecified atom stereocenters. The molecular formula is C11H14ClNO3. The van der Waals surface area contributed by atoms with Crippen LogP contribution in [0, 0.1) is 0 Å². The third-order valence-electron chi connectivity index (χ3n) is 2.14. The van der Waals surface area contributed by atoms with E-state index in [4.69, 9.17) is 21.4 Å². The minimum atomic E-state index is -1.14. The number of rotatable bonds is 2. The van der Waals surface area contributed by atoms with Crippen LogP contribution in [0.3, 0.4) is 0 Å². The molecule has 0 radical (unpaired) electrons. The molecule has 0 saturated carbocycles. The number of hydrogen-bond acceptors (Lipinski definition) is 3. The van der Waals surface area contributed by atoms with E-state index in [0.717, 1.165) is 0 Å². The first-order valence-corrected chi connectivity index (χ1v) is 5.13. The van der Waals surface area contributed by atoms with Gasteiger partial charge >= 0.3 is 5.97 Å². The zero-order valence-electron chi connectivity index (χ0n) is 9.67. The lowest BCUT2D eigenvalue weighted by Gasteiger charge is -2.19. The average Bonchev–Trinajstić information content (AvgIpc) is 2.14. The van der Waals surface area contributed by atoms with Crippen molar-refractivity contribution in [1.29, 1.82) is 0 Å². The minimum absolute atomic E-state index is 0.0447. The minimum Gasteiger partial charge on any atom is -0.496 e. The fourth-order valence-corrected chi connectivity index (χ4v) is 1.50. The molecule has 1 N–H and O–H groups in total. The number of aromatic nitrogens is 1. The normalized spacial score (nSPS) is 11.3.